The highest BCUT2D eigenvalue weighted by Crippen LogP contribution is 2.21. The fourth-order valence-corrected chi connectivity index (χ4v) is 3.81. The van der Waals surface area contributed by atoms with Crippen LogP contribution in [0.3, 0.4) is 0 Å². The van der Waals surface area contributed by atoms with Crippen molar-refractivity contribution >= 4 is 38.8 Å². The molecule has 0 saturated carbocycles. The number of amides is 1. The summed E-state index contributed by atoms with van der Waals surface area (Å²) in [6.07, 6.45) is 0. The molecule has 0 aliphatic carbocycles. The number of hydrogen-bond acceptors (Lipinski definition) is 5. The Balaban J connectivity index is 1.97. The molecule has 3 heterocycles. The molecule has 114 valence electrons. The van der Waals surface area contributed by atoms with Gasteiger partial charge in [-0.15, -0.1) is 22.7 Å². The topological polar surface area (TPSA) is 73.1 Å². The molecule has 0 aliphatic heterocycles. The summed E-state index contributed by atoms with van der Waals surface area (Å²) in [4.78, 5) is 38.2. The number of fused-ring (bicyclic) bond motifs is 1. The summed E-state index contributed by atoms with van der Waals surface area (Å²) in [6, 6.07) is 5.41. The molecule has 0 aliphatic rings. The number of nitrogens with zero attached hydrogens (tertiary/aromatic N) is 2. The molecule has 22 heavy (non-hydrogen) atoms. The lowest BCUT2D eigenvalue weighted by molar-refractivity contribution is 0.0955. The summed E-state index contributed by atoms with van der Waals surface area (Å²) < 4.78 is 2.43. The first kappa shape index (κ1) is 14.7. The van der Waals surface area contributed by atoms with E-state index >= 15 is 0 Å². The smallest absolute Gasteiger partial charge is 0.331 e. The number of aryl methyl sites for hydroxylation is 1. The molecule has 8 heteroatoms. The Bertz CT molecular complexity index is 964. The number of carbonyl (C=O) groups excluding carboxylic acids is 1. The molecule has 0 atom stereocenters. The molecule has 0 spiro atoms. The zero-order chi connectivity index (χ0) is 15.9. The Hall–Kier alpha value is -2.19. The molecular formula is C14H13N3O3S2. The van der Waals surface area contributed by atoms with Gasteiger partial charge in [0.25, 0.3) is 11.5 Å². The van der Waals surface area contributed by atoms with Crippen molar-refractivity contribution in [3.63, 3.8) is 0 Å². The van der Waals surface area contributed by atoms with Gasteiger partial charge >= 0.3 is 5.69 Å². The normalized spacial score (nSPS) is 11.0. The molecule has 0 unspecified atom stereocenters. The van der Waals surface area contributed by atoms with Crippen LogP contribution in [-0.2, 0) is 20.6 Å². The summed E-state index contributed by atoms with van der Waals surface area (Å²) in [5.74, 6) is -0.246. The van der Waals surface area contributed by atoms with Gasteiger partial charge in [0, 0.05) is 19.0 Å². The van der Waals surface area contributed by atoms with Gasteiger partial charge in [0.15, 0.2) is 0 Å². The van der Waals surface area contributed by atoms with Crippen LogP contribution in [0.4, 0.5) is 0 Å². The van der Waals surface area contributed by atoms with E-state index in [9.17, 15) is 14.4 Å². The highest BCUT2D eigenvalue weighted by Gasteiger charge is 2.16. The van der Waals surface area contributed by atoms with Crippen LogP contribution in [0.2, 0.25) is 0 Å². The molecule has 0 radical (unpaired) electrons. The quantitative estimate of drug-likeness (QED) is 0.784. The van der Waals surface area contributed by atoms with Crippen molar-refractivity contribution in [2.45, 2.75) is 6.54 Å². The maximum absolute atomic E-state index is 12.2. The minimum atomic E-state index is -0.398. The maximum atomic E-state index is 12.2. The second-order valence-electron chi connectivity index (χ2n) is 4.80. The average molecular weight is 335 g/mol. The molecular weight excluding hydrogens is 322 g/mol. The second kappa shape index (κ2) is 5.54. The van der Waals surface area contributed by atoms with Crippen LogP contribution in [0.25, 0.3) is 10.2 Å². The fourth-order valence-electron chi connectivity index (χ4n) is 2.14. The first-order valence-electron chi connectivity index (χ1n) is 6.49. The summed E-state index contributed by atoms with van der Waals surface area (Å²) >= 11 is 2.71. The third-order valence-corrected chi connectivity index (χ3v) is 5.44. The third kappa shape index (κ3) is 2.40. The lowest BCUT2D eigenvalue weighted by Gasteiger charge is -2.02. The molecule has 3 aromatic heterocycles. The number of thiophene rings is 2. The molecule has 0 aromatic carbocycles. The monoisotopic (exact) mass is 335 g/mol. The Labute approximate surface area is 133 Å². The second-order valence-corrected chi connectivity index (χ2v) is 6.86. The van der Waals surface area contributed by atoms with Gasteiger partial charge in [0.05, 0.1) is 16.8 Å². The van der Waals surface area contributed by atoms with Crippen LogP contribution in [0.5, 0.6) is 0 Å². The lowest BCUT2D eigenvalue weighted by atomic mass is 10.3. The summed E-state index contributed by atoms with van der Waals surface area (Å²) in [5.41, 5.74) is -0.781. The molecule has 0 saturated heterocycles. The van der Waals surface area contributed by atoms with E-state index in [-0.39, 0.29) is 11.5 Å². The average Bonchev–Trinajstić information content (AvgIpc) is 3.17. The molecule has 0 bridgehead atoms. The van der Waals surface area contributed by atoms with Gasteiger partial charge in [-0.25, -0.2) is 4.79 Å². The van der Waals surface area contributed by atoms with Crippen molar-refractivity contribution in [3.8, 4) is 0 Å². The first-order valence-corrected chi connectivity index (χ1v) is 8.19. The molecule has 3 rings (SSSR count). The van der Waals surface area contributed by atoms with Crippen molar-refractivity contribution in [2.24, 2.45) is 14.1 Å². The number of aromatic nitrogens is 2. The van der Waals surface area contributed by atoms with Crippen LogP contribution >= 0.6 is 22.7 Å². The van der Waals surface area contributed by atoms with E-state index in [2.05, 4.69) is 5.32 Å². The van der Waals surface area contributed by atoms with E-state index in [1.165, 1.54) is 11.6 Å². The molecule has 3 aromatic rings. The van der Waals surface area contributed by atoms with Gasteiger partial charge in [-0.1, -0.05) is 6.07 Å². The summed E-state index contributed by atoms with van der Waals surface area (Å²) in [5, 5.41) is 5.15. The van der Waals surface area contributed by atoms with E-state index in [4.69, 9.17) is 0 Å². The lowest BCUT2D eigenvalue weighted by Crippen LogP contribution is -2.36. The Morgan fingerprint density at radius 2 is 2.05 bits per heavy atom. The molecule has 0 fully saturated rings. The van der Waals surface area contributed by atoms with E-state index in [1.807, 2.05) is 17.5 Å². The standard InChI is InChI=1S/C14H13N3O3S2/c1-16-12(19)9-6-10(22-13(9)17(2)14(16)20)11(18)15-7-8-4-3-5-21-8/h3-6H,7H2,1-2H3,(H,15,18). The largest absolute Gasteiger partial charge is 0.346 e. The predicted molar refractivity (Wildman–Crippen MR) is 87.8 cm³/mol. The van der Waals surface area contributed by atoms with Crippen LogP contribution in [0, 0.1) is 0 Å². The van der Waals surface area contributed by atoms with Crippen molar-refractivity contribution in [1.82, 2.24) is 14.5 Å². The highest BCUT2D eigenvalue weighted by atomic mass is 32.1. The minimum absolute atomic E-state index is 0.246. The van der Waals surface area contributed by atoms with Crippen molar-refractivity contribution in [1.29, 1.82) is 0 Å². The maximum Gasteiger partial charge on any atom is 0.331 e. The van der Waals surface area contributed by atoms with E-state index < -0.39 is 5.69 Å². The van der Waals surface area contributed by atoms with Crippen molar-refractivity contribution in [3.05, 3.63) is 54.2 Å². The van der Waals surface area contributed by atoms with Crippen LogP contribution < -0.4 is 16.6 Å². The third-order valence-electron chi connectivity index (χ3n) is 3.35. The van der Waals surface area contributed by atoms with Crippen LogP contribution in [-0.4, -0.2) is 15.0 Å². The van der Waals surface area contributed by atoms with Crippen molar-refractivity contribution in [2.75, 3.05) is 0 Å². The number of rotatable bonds is 3. The summed E-state index contributed by atoms with van der Waals surface area (Å²) in [6.45, 7) is 0.446. The van der Waals surface area contributed by atoms with E-state index in [0.717, 1.165) is 20.8 Å². The van der Waals surface area contributed by atoms with Crippen LogP contribution in [0.1, 0.15) is 14.5 Å². The zero-order valence-electron chi connectivity index (χ0n) is 12.0. The predicted octanol–water partition coefficient (Wildman–Crippen LogP) is 1.29. The molecule has 1 N–H and O–H groups in total. The molecule has 6 nitrogen and oxygen atoms in total. The number of hydrogen-bond donors (Lipinski definition) is 1. The van der Waals surface area contributed by atoms with E-state index in [1.54, 1.807) is 24.5 Å². The number of nitrogens with one attached hydrogen (secondary N) is 1. The van der Waals surface area contributed by atoms with E-state index in [0.29, 0.717) is 21.6 Å². The fraction of sp³-hybridized carbons (Fsp3) is 0.214. The van der Waals surface area contributed by atoms with Gasteiger partial charge in [-0.3, -0.25) is 18.7 Å². The minimum Gasteiger partial charge on any atom is -0.346 e. The Kier molecular flexibility index (Phi) is 3.71. The van der Waals surface area contributed by atoms with Gasteiger partial charge in [-0.05, 0) is 17.5 Å². The Morgan fingerprint density at radius 3 is 2.73 bits per heavy atom. The summed E-state index contributed by atoms with van der Waals surface area (Å²) in [7, 11) is 3.02. The van der Waals surface area contributed by atoms with Gasteiger partial charge in [0.1, 0.15) is 4.83 Å². The zero-order valence-corrected chi connectivity index (χ0v) is 13.6. The first-order chi connectivity index (χ1) is 10.5. The number of carbonyl (C=O) groups is 1. The highest BCUT2D eigenvalue weighted by molar-refractivity contribution is 7.20. The molecule has 1 amide bonds. The SMILES string of the molecule is Cn1c(=O)c2cc(C(=O)NCc3cccs3)sc2n(C)c1=O. The van der Waals surface area contributed by atoms with Gasteiger partial charge < -0.3 is 5.32 Å². The van der Waals surface area contributed by atoms with Gasteiger partial charge in [0.2, 0.25) is 0 Å². The van der Waals surface area contributed by atoms with Crippen molar-refractivity contribution < 1.29 is 4.79 Å². The Morgan fingerprint density at radius 1 is 1.27 bits per heavy atom. The van der Waals surface area contributed by atoms with Gasteiger partial charge in [-0.2, -0.15) is 0 Å². The van der Waals surface area contributed by atoms with Crippen LogP contribution in [0.15, 0.2) is 33.2 Å².